The van der Waals surface area contributed by atoms with E-state index in [0.29, 0.717) is 5.92 Å². The summed E-state index contributed by atoms with van der Waals surface area (Å²) in [5.74, 6) is 1.47. The highest BCUT2D eigenvalue weighted by Crippen LogP contribution is 2.33. The summed E-state index contributed by atoms with van der Waals surface area (Å²) in [5.41, 5.74) is 0.393. The lowest BCUT2D eigenvalue weighted by Gasteiger charge is -2.38. The molecule has 124 valence electrons. The monoisotopic (exact) mass is 334 g/mol. The summed E-state index contributed by atoms with van der Waals surface area (Å²) < 4.78 is 37.8. The second-order valence-corrected chi connectivity index (χ2v) is 6.26. The van der Waals surface area contributed by atoms with Crippen molar-refractivity contribution in [3.8, 4) is 0 Å². The van der Waals surface area contributed by atoms with Gasteiger partial charge in [-0.05, 0) is 62.5 Å². The van der Waals surface area contributed by atoms with Gasteiger partial charge < -0.3 is 5.32 Å². The second-order valence-electron chi connectivity index (χ2n) is 6.26. The molecule has 3 atom stereocenters. The number of nitrogens with one attached hydrogen (secondary N) is 1. The topological polar surface area (TPSA) is 15.3 Å². The average molecular weight is 335 g/mol. The summed E-state index contributed by atoms with van der Waals surface area (Å²) in [5, 5.41) is 3.44. The molecule has 6 heteroatoms. The van der Waals surface area contributed by atoms with Crippen molar-refractivity contribution in [2.45, 2.75) is 25.6 Å². The third-order valence-electron chi connectivity index (χ3n) is 5.00. The predicted molar refractivity (Wildman–Crippen MR) is 83.1 cm³/mol. The Bertz CT molecular complexity index is 489. The highest BCUT2D eigenvalue weighted by Gasteiger charge is 2.35. The molecule has 0 aromatic heterocycles. The number of fused-ring (bicyclic) bond motifs is 1. The lowest BCUT2D eigenvalue weighted by molar-refractivity contribution is -0.137. The molecule has 3 unspecified atom stereocenters. The van der Waals surface area contributed by atoms with Gasteiger partial charge in [-0.25, -0.2) is 0 Å². The van der Waals surface area contributed by atoms with Gasteiger partial charge in [-0.1, -0.05) is 12.1 Å². The van der Waals surface area contributed by atoms with Crippen molar-refractivity contribution >= 4 is 12.4 Å². The number of piperidine rings is 1. The number of hydrogen-bond acceptors (Lipinski definition) is 2. The summed E-state index contributed by atoms with van der Waals surface area (Å²) in [6.45, 7) is 6.35. The molecular formula is C16H22ClF3N2. The van der Waals surface area contributed by atoms with Crippen LogP contribution in [0.4, 0.5) is 13.2 Å². The Morgan fingerprint density at radius 3 is 2.41 bits per heavy atom. The van der Waals surface area contributed by atoms with Crippen LogP contribution in [0.15, 0.2) is 24.3 Å². The van der Waals surface area contributed by atoms with Crippen LogP contribution in [-0.4, -0.2) is 31.1 Å². The maximum absolute atomic E-state index is 12.6. The van der Waals surface area contributed by atoms with Crippen LogP contribution in [0, 0.1) is 11.8 Å². The van der Waals surface area contributed by atoms with E-state index in [-0.39, 0.29) is 18.4 Å². The molecule has 2 saturated heterocycles. The van der Waals surface area contributed by atoms with Crippen LogP contribution in [0.2, 0.25) is 0 Å². The third-order valence-corrected chi connectivity index (χ3v) is 5.00. The zero-order valence-electron chi connectivity index (χ0n) is 12.6. The van der Waals surface area contributed by atoms with E-state index in [2.05, 4.69) is 17.1 Å². The SMILES string of the molecule is CC(c1ccc(C(F)(F)F)cc1)N1CCC2CNCC2C1.Cl. The summed E-state index contributed by atoms with van der Waals surface area (Å²) in [7, 11) is 0. The van der Waals surface area contributed by atoms with Crippen LogP contribution >= 0.6 is 12.4 Å². The number of alkyl halides is 3. The van der Waals surface area contributed by atoms with Crippen LogP contribution in [0.3, 0.4) is 0 Å². The van der Waals surface area contributed by atoms with Gasteiger partial charge in [0.25, 0.3) is 0 Å². The van der Waals surface area contributed by atoms with Crippen molar-refractivity contribution in [1.82, 2.24) is 10.2 Å². The van der Waals surface area contributed by atoms with Gasteiger partial charge in [0.2, 0.25) is 0 Å². The molecule has 0 amide bonds. The largest absolute Gasteiger partial charge is 0.416 e. The van der Waals surface area contributed by atoms with Crippen LogP contribution in [0.25, 0.3) is 0 Å². The lowest BCUT2D eigenvalue weighted by Crippen LogP contribution is -2.41. The van der Waals surface area contributed by atoms with Crippen LogP contribution in [-0.2, 0) is 6.18 Å². The summed E-state index contributed by atoms with van der Waals surface area (Å²) >= 11 is 0. The third kappa shape index (κ3) is 3.58. The second kappa shape index (κ2) is 6.77. The van der Waals surface area contributed by atoms with Gasteiger partial charge in [0, 0.05) is 12.6 Å². The van der Waals surface area contributed by atoms with E-state index in [0.717, 1.165) is 37.7 Å². The molecule has 0 bridgehead atoms. The highest BCUT2D eigenvalue weighted by atomic mass is 35.5. The Kier molecular flexibility index (Phi) is 5.41. The molecular weight excluding hydrogens is 313 g/mol. The Morgan fingerprint density at radius 2 is 1.77 bits per heavy atom. The van der Waals surface area contributed by atoms with E-state index >= 15 is 0 Å². The Morgan fingerprint density at radius 1 is 1.14 bits per heavy atom. The molecule has 2 fully saturated rings. The number of nitrogens with zero attached hydrogens (tertiary/aromatic N) is 1. The first-order chi connectivity index (χ1) is 9.95. The molecule has 2 aliphatic heterocycles. The summed E-state index contributed by atoms with van der Waals surface area (Å²) in [6.07, 6.45) is -3.07. The van der Waals surface area contributed by atoms with Gasteiger partial charge >= 0.3 is 6.18 Å². The predicted octanol–water partition coefficient (Wildman–Crippen LogP) is 3.73. The van der Waals surface area contributed by atoms with Crippen molar-refractivity contribution in [2.24, 2.45) is 11.8 Å². The molecule has 1 aromatic carbocycles. The first kappa shape index (κ1) is 17.6. The van der Waals surface area contributed by atoms with Crippen molar-refractivity contribution in [3.63, 3.8) is 0 Å². The summed E-state index contributed by atoms with van der Waals surface area (Å²) in [6, 6.07) is 5.79. The van der Waals surface area contributed by atoms with Gasteiger partial charge in [-0.2, -0.15) is 13.2 Å². The average Bonchev–Trinajstić information content (AvgIpc) is 2.93. The van der Waals surface area contributed by atoms with Gasteiger partial charge in [-0.15, -0.1) is 12.4 Å². The first-order valence-electron chi connectivity index (χ1n) is 7.57. The number of halogens is 4. The van der Waals surface area contributed by atoms with E-state index in [1.165, 1.54) is 18.6 Å². The van der Waals surface area contributed by atoms with Gasteiger partial charge in [-0.3, -0.25) is 4.90 Å². The fraction of sp³-hybridized carbons (Fsp3) is 0.625. The minimum atomic E-state index is -4.25. The van der Waals surface area contributed by atoms with Crippen molar-refractivity contribution in [2.75, 3.05) is 26.2 Å². The Balaban J connectivity index is 0.00000176. The zero-order chi connectivity index (χ0) is 15.0. The van der Waals surface area contributed by atoms with Gasteiger partial charge in [0.15, 0.2) is 0 Å². The molecule has 0 saturated carbocycles. The minimum Gasteiger partial charge on any atom is -0.316 e. The van der Waals surface area contributed by atoms with Crippen LogP contribution in [0.5, 0.6) is 0 Å². The van der Waals surface area contributed by atoms with Gasteiger partial charge in [0.05, 0.1) is 5.56 Å². The van der Waals surface area contributed by atoms with Crippen molar-refractivity contribution in [1.29, 1.82) is 0 Å². The number of benzene rings is 1. The molecule has 0 radical (unpaired) electrons. The van der Waals surface area contributed by atoms with Crippen molar-refractivity contribution < 1.29 is 13.2 Å². The molecule has 2 heterocycles. The van der Waals surface area contributed by atoms with Crippen LogP contribution < -0.4 is 5.32 Å². The van der Waals surface area contributed by atoms with Crippen LogP contribution in [0.1, 0.15) is 30.5 Å². The molecule has 3 rings (SSSR count). The first-order valence-corrected chi connectivity index (χ1v) is 7.57. The number of rotatable bonds is 2. The van der Waals surface area contributed by atoms with Crippen molar-refractivity contribution in [3.05, 3.63) is 35.4 Å². The summed E-state index contributed by atoms with van der Waals surface area (Å²) in [4.78, 5) is 2.40. The lowest BCUT2D eigenvalue weighted by atomic mass is 9.87. The maximum Gasteiger partial charge on any atom is 0.416 e. The van der Waals surface area contributed by atoms with E-state index in [1.54, 1.807) is 12.1 Å². The molecule has 1 aromatic rings. The fourth-order valence-corrected chi connectivity index (χ4v) is 3.58. The quantitative estimate of drug-likeness (QED) is 0.886. The van der Waals surface area contributed by atoms with E-state index in [4.69, 9.17) is 0 Å². The smallest absolute Gasteiger partial charge is 0.316 e. The number of hydrogen-bond donors (Lipinski definition) is 1. The molecule has 2 aliphatic rings. The molecule has 0 aliphatic carbocycles. The van der Waals surface area contributed by atoms with Gasteiger partial charge in [0.1, 0.15) is 0 Å². The van der Waals surface area contributed by atoms with E-state index in [1.807, 2.05) is 0 Å². The molecule has 22 heavy (non-hydrogen) atoms. The maximum atomic E-state index is 12.6. The standard InChI is InChI=1S/C16H21F3N2.ClH/c1-11(12-2-4-15(5-3-12)16(17,18)19)21-7-6-13-8-20-9-14(13)10-21;/h2-5,11,13-14,20H,6-10H2,1H3;1H. The fourth-order valence-electron chi connectivity index (χ4n) is 3.58. The molecule has 0 spiro atoms. The number of likely N-dealkylation sites (tertiary alicyclic amines) is 1. The zero-order valence-corrected chi connectivity index (χ0v) is 13.4. The van der Waals surface area contributed by atoms with E-state index in [9.17, 15) is 13.2 Å². The Labute approximate surface area is 135 Å². The molecule has 2 nitrogen and oxygen atoms in total. The Hall–Kier alpha value is -0.780. The van der Waals surface area contributed by atoms with E-state index < -0.39 is 11.7 Å². The minimum absolute atomic E-state index is 0. The highest BCUT2D eigenvalue weighted by molar-refractivity contribution is 5.85. The normalized spacial score (nSPS) is 27.1. The molecule has 1 N–H and O–H groups in total.